The van der Waals surface area contributed by atoms with Gasteiger partial charge in [-0.15, -0.1) is 0 Å². The zero-order valence-corrected chi connectivity index (χ0v) is 13.5. The molecule has 0 fully saturated rings. The Labute approximate surface area is 135 Å². The van der Waals surface area contributed by atoms with E-state index in [4.69, 9.17) is 0 Å². The molecule has 0 bridgehead atoms. The number of nitrogens with zero attached hydrogens (tertiary/aromatic N) is 1. The van der Waals surface area contributed by atoms with Crippen LogP contribution in [-0.2, 0) is 13.0 Å². The van der Waals surface area contributed by atoms with Crippen LogP contribution in [-0.4, -0.2) is 22.3 Å². The molecule has 2 heterocycles. The zero-order chi connectivity index (χ0) is 16.0. The maximum atomic E-state index is 12.7. The lowest BCUT2D eigenvalue weighted by Gasteiger charge is -2.27. The minimum Gasteiger partial charge on any atom is -0.358 e. The van der Waals surface area contributed by atoms with Crippen LogP contribution in [0.2, 0.25) is 0 Å². The molecule has 0 unspecified atom stereocenters. The number of aromatic amines is 1. The van der Waals surface area contributed by atoms with Crippen LogP contribution in [0.5, 0.6) is 0 Å². The Bertz CT molecular complexity index is 890. The molecule has 3 aromatic rings. The molecule has 1 aliphatic rings. The molecule has 0 aliphatic carbocycles. The van der Waals surface area contributed by atoms with Crippen LogP contribution in [0.1, 0.15) is 32.7 Å². The molecule has 0 saturated carbocycles. The molecule has 0 radical (unpaired) electrons. The lowest BCUT2D eigenvalue weighted by atomic mass is 10.0. The van der Waals surface area contributed by atoms with E-state index in [-0.39, 0.29) is 5.91 Å². The molecular weight excluding hydrogens is 284 g/mol. The standard InChI is InChI=1S/C20H20N2O/c1-13-3-6-15(7-4-13)20(23)22-10-9-18-17(12-22)16-8-5-14(2)11-19(16)21-18/h3-8,11,21H,9-10,12H2,1-2H3. The molecule has 23 heavy (non-hydrogen) atoms. The molecule has 1 amide bonds. The Balaban J connectivity index is 1.66. The van der Waals surface area contributed by atoms with E-state index >= 15 is 0 Å². The Morgan fingerprint density at radius 2 is 1.78 bits per heavy atom. The summed E-state index contributed by atoms with van der Waals surface area (Å²) in [5.41, 5.74) is 6.93. The predicted octanol–water partition coefficient (Wildman–Crippen LogP) is 3.98. The van der Waals surface area contributed by atoms with Gasteiger partial charge in [0.25, 0.3) is 5.91 Å². The molecule has 0 saturated heterocycles. The van der Waals surface area contributed by atoms with Gasteiger partial charge < -0.3 is 9.88 Å². The number of fused-ring (bicyclic) bond motifs is 3. The lowest BCUT2D eigenvalue weighted by molar-refractivity contribution is 0.0735. The van der Waals surface area contributed by atoms with E-state index in [0.29, 0.717) is 6.54 Å². The van der Waals surface area contributed by atoms with Crippen LogP contribution in [0, 0.1) is 13.8 Å². The highest BCUT2D eigenvalue weighted by Gasteiger charge is 2.24. The SMILES string of the molecule is Cc1ccc(C(=O)N2CCc3[nH]c4cc(C)ccc4c3C2)cc1. The fraction of sp³-hybridized carbons (Fsp3) is 0.250. The smallest absolute Gasteiger partial charge is 0.254 e. The minimum absolute atomic E-state index is 0.122. The van der Waals surface area contributed by atoms with Gasteiger partial charge in [0.1, 0.15) is 0 Å². The molecule has 1 aromatic heterocycles. The average molecular weight is 304 g/mol. The number of hydrogen-bond donors (Lipinski definition) is 1. The number of aryl methyl sites for hydroxylation is 2. The van der Waals surface area contributed by atoms with Crippen molar-refractivity contribution in [2.24, 2.45) is 0 Å². The van der Waals surface area contributed by atoms with E-state index in [2.05, 4.69) is 30.1 Å². The normalized spacial score (nSPS) is 14.1. The third kappa shape index (κ3) is 2.42. The predicted molar refractivity (Wildman–Crippen MR) is 92.7 cm³/mol. The fourth-order valence-electron chi connectivity index (χ4n) is 3.39. The highest BCUT2D eigenvalue weighted by molar-refractivity contribution is 5.95. The highest BCUT2D eigenvalue weighted by atomic mass is 16.2. The number of nitrogens with one attached hydrogen (secondary N) is 1. The monoisotopic (exact) mass is 304 g/mol. The summed E-state index contributed by atoms with van der Waals surface area (Å²) in [5, 5.41) is 1.24. The quantitative estimate of drug-likeness (QED) is 0.725. The van der Waals surface area contributed by atoms with E-state index in [0.717, 1.165) is 18.5 Å². The van der Waals surface area contributed by atoms with Crippen LogP contribution < -0.4 is 0 Å². The first kappa shape index (κ1) is 14.1. The number of hydrogen-bond acceptors (Lipinski definition) is 1. The van der Waals surface area contributed by atoms with Crippen molar-refractivity contribution in [3.05, 3.63) is 70.4 Å². The molecule has 4 rings (SSSR count). The molecule has 3 heteroatoms. The number of benzene rings is 2. The number of carbonyl (C=O) groups excluding carboxylic acids is 1. The van der Waals surface area contributed by atoms with Gasteiger partial charge in [-0.3, -0.25) is 4.79 Å². The van der Waals surface area contributed by atoms with Gasteiger partial charge in [-0.25, -0.2) is 0 Å². The maximum Gasteiger partial charge on any atom is 0.254 e. The summed E-state index contributed by atoms with van der Waals surface area (Å²) >= 11 is 0. The Hall–Kier alpha value is -2.55. The first-order valence-electron chi connectivity index (χ1n) is 8.08. The third-order valence-corrected chi connectivity index (χ3v) is 4.72. The maximum absolute atomic E-state index is 12.7. The van der Waals surface area contributed by atoms with E-state index in [1.807, 2.05) is 36.1 Å². The molecule has 2 aromatic carbocycles. The summed E-state index contributed by atoms with van der Waals surface area (Å²) in [6, 6.07) is 14.3. The summed E-state index contributed by atoms with van der Waals surface area (Å²) in [5.74, 6) is 0.122. The van der Waals surface area contributed by atoms with Gasteiger partial charge in [0.05, 0.1) is 0 Å². The van der Waals surface area contributed by atoms with Gasteiger partial charge in [0, 0.05) is 47.2 Å². The lowest BCUT2D eigenvalue weighted by Crippen LogP contribution is -2.35. The van der Waals surface area contributed by atoms with Crippen molar-refractivity contribution < 1.29 is 4.79 Å². The van der Waals surface area contributed by atoms with E-state index < -0.39 is 0 Å². The van der Waals surface area contributed by atoms with E-state index in [9.17, 15) is 4.79 Å². The molecule has 1 N–H and O–H groups in total. The van der Waals surface area contributed by atoms with Crippen molar-refractivity contribution in [1.82, 2.24) is 9.88 Å². The Morgan fingerprint density at radius 1 is 1.04 bits per heavy atom. The van der Waals surface area contributed by atoms with Crippen LogP contribution in [0.15, 0.2) is 42.5 Å². The molecule has 3 nitrogen and oxygen atoms in total. The summed E-state index contributed by atoms with van der Waals surface area (Å²) < 4.78 is 0. The van der Waals surface area contributed by atoms with Crippen molar-refractivity contribution in [1.29, 1.82) is 0 Å². The third-order valence-electron chi connectivity index (χ3n) is 4.72. The van der Waals surface area contributed by atoms with Crippen molar-refractivity contribution in [2.75, 3.05) is 6.54 Å². The van der Waals surface area contributed by atoms with Gasteiger partial charge in [0.2, 0.25) is 0 Å². The van der Waals surface area contributed by atoms with Gasteiger partial charge >= 0.3 is 0 Å². The molecule has 1 aliphatic heterocycles. The second kappa shape index (κ2) is 5.27. The van der Waals surface area contributed by atoms with Crippen LogP contribution in [0.25, 0.3) is 10.9 Å². The minimum atomic E-state index is 0.122. The number of amides is 1. The molecule has 0 atom stereocenters. The Kier molecular flexibility index (Phi) is 3.22. The number of rotatable bonds is 1. The largest absolute Gasteiger partial charge is 0.358 e. The first-order valence-corrected chi connectivity index (χ1v) is 8.08. The molecular formula is C20H20N2O. The van der Waals surface area contributed by atoms with Crippen LogP contribution in [0.3, 0.4) is 0 Å². The van der Waals surface area contributed by atoms with E-state index in [1.54, 1.807) is 0 Å². The molecule has 116 valence electrons. The summed E-state index contributed by atoms with van der Waals surface area (Å²) in [6.45, 7) is 5.60. The second-order valence-electron chi connectivity index (χ2n) is 6.47. The summed E-state index contributed by atoms with van der Waals surface area (Å²) in [7, 11) is 0. The van der Waals surface area contributed by atoms with Crippen molar-refractivity contribution in [2.45, 2.75) is 26.8 Å². The van der Waals surface area contributed by atoms with Gasteiger partial charge in [-0.05, 0) is 37.6 Å². The second-order valence-corrected chi connectivity index (χ2v) is 6.47. The number of carbonyl (C=O) groups is 1. The topological polar surface area (TPSA) is 36.1 Å². The molecule has 0 spiro atoms. The van der Waals surface area contributed by atoms with Gasteiger partial charge in [-0.2, -0.15) is 0 Å². The van der Waals surface area contributed by atoms with Crippen molar-refractivity contribution >= 4 is 16.8 Å². The zero-order valence-electron chi connectivity index (χ0n) is 13.5. The van der Waals surface area contributed by atoms with Gasteiger partial charge in [-0.1, -0.05) is 29.8 Å². The van der Waals surface area contributed by atoms with Crippen molar-refractivity contribution in [3.8, 4) is 0 Å². The van der Waals surface area contributed by atoms with Gasteiger partial charge in [0.15, 0.2) is 0 Å². The summed E-state index contributed by atoms with van der Waals surface area (Å²) in [4.78, 5) is 18.2. The highest BCUT2D eigenvalue weighted by Crippen LogP contribution is 2.29. The average Bonchev–Trinajstić information content (AvgIpc) is 2.91. The van der Waals surface area contributed by atoms with Crippen molar-refractivity contribution in [3.63, 3.8) is 0 Å². The first-order chi connectivity index (χ1) is 11.1. The Morgan fingerprint density at radius 3 is 2.57 bits per heavy atom. The van der Waals surface area contributed by atoms with E-state index in [1.165, 1.54) is 33.3 Å². The van der Waals surface area contributed by atoms with Crippen LogP contribution in [0.4, 0.5) is 0 Å². The number of aromatic nitrogens is 1. The van der Waals surface area contributed by atoms with Crippen LogP contribution >= 0.6 is 0 Å². The number of H-pyrrole nitrogens is 1. The summed E-state index contributed by atoms with van der Waals surface area (Å²) in [6.07, 6.45) is 0.890. The fourth-order valence-corrected chi connectivity index (χ4v) is 3.39.